The molecule has 0 aromatic carbocycles. The quantitative estimate of drug-likeness (QED) is 0.122. The topological polar surface area (TPSA) is 317 Å². The van der Waals surface area contributed by atoms with E-state index in [0.717, 1.165) is 9.13 Å². The first-order valence-electron chi connectivity index (χ1n) is 12.8. The fourth-order valence-electron chi connectivity index (χ4n) is 4.33. The third-order valence-corrected chi connectivity index (χ3v) is 10.8. The van der Waals surface area contributed by atoms with Crippen LogP contribution in [0.25, 0.3) is 0 Å². The second-order valence-corrected chi connectivity index (χ2v) is 14.6. The minimum Gasteiger partial charge on any atom is -0.390 e. The van der Waals surface area contributed by atoms with Crippen LogP contribution in [0.15, 0.2) is 31.6 Å². The summed E-state index contributed by atoms with van der Waals surface area (Å²) in [5, 5.41) is 20.4. The Morgan fingerprint density at radius 1 is 0.733 bits per heavy atom. The zero-order valence-corrected chi connectivity index (χ0v) is 25.9. The van der Waals surface area contributed by atoms with Gasteiger partial charge in [-0.3, -0.25) is 37.7 Å². The number of rotatable bonds is 12. The summed E-state index contributed by atoms with van der Waals surface area (Å²) in [4.78, 5) is 80.9. The molecule has 7 N–H and O–H groups in total. The number of H-pyrrole nitrogens is 2. The third-order valence-electron chi connectivity index (χ3n) is 6.54. The summed E-state index contributed by atoms with van der Waals surface area (Å²) in [7, 11) is -17.0. The average Bonchev–Trinajstić information content (AvgIpc) is 3.46. The van der Waals surface area contributed by atoms with Crippen LogP contribution >= 0.6 is 23.5 Å². The number of aryl methyl sites for hydroxylation is 2. The zero-order chi connectivity index (χ0) is 33.5. The summed E-state index contributed by atoms with van der Waals surface area (Å²) in [5.74, 6) is 0. The van der Waals surface area contributed by atoms with Crippen LogP contribution in [0.2, 0.25) is 0 Å². The number of aromatic amines is 2. The van der Waals surface area contributed by atoms with E-state index in [1.54, 1.807) is 0 Å². The molecule has 0 radical (unpaired) electrons. The molecule has 4 heterocycles. The van der Waals surface area contributed by atoms with Crippen molar-refractivity contribution in [3.8, 4) is 0 Å². The van der Waals surface area contributed by atoms with E-state index in [0.29, 0.717) is 0 Å². The Morgan fingerprint density at radius 3 is 1.44 bits per heavy atom. The summed E-state index contributed by atoms with van der Waals surface area (Å²) in [6, 6.07) is 0. The van der Waals surface area contributed by atoms with Crippen molar-refractivity contribution in [1.82, 2.24) is 19.1 Å². The van der Waals surface area contributed by atoms with E-state index in [9.17, 15) is 57.8 Å². The van der Waals surface area contributed by atoms with E-state index in [-0.39, 0.29) is 24.0 Å². The third kappa shape index (κ3) is 8.91. The van der Waals surface area contributed by atoms with Gasteiger partial charge in [-0.2, -0.15) is 8.62 Å². The van der Waals surface area contributed by atoms with Crippen LogP contribution < -0.4 is 22.5 Å². The highest BCUT2D eigenvalue weighted by atomic mass is 31.3. The highest BCUT2D eigenvalue weighted by Crippen LogP contribution is 2.67. The molecule has 252 valence electrons. The van der Waals surface area contributed by atoms with Crippen LogP contribution in [-0.2, 0) is 40.8 Å². The molecule has 4 rings (SSSR count). The van der Waals surface area contributed by atoms with Gasteiger partial charge in [0.2, 0.25) is 0 Å². The lowest BCUT2D eigenvalue weighted by Crippen LogP contribution is -2.33. The molecule has 0 saturated carbocycles. The van der Waals surface area contributed by atoms with Gasteiger partial charge >= 0.3 is 34.8 Å². The summed E-state index contributed by atoms with van der Waals surface area (Å²) in [6.45, 7) is 0.944. The molecule has 2 fully saturated rings. The predicted octanol–water partition coefficient (Wildman–Crippen LogP) is -1.63. The molecule has 45 heavy (non-hydrogen) atoms. The van der Waals surface area contributed by atoms with Gasteiger partial charge in [-0.1, -0.05) is 0 Å². The highest BCUT2D eigenvalue weighted by Gasteiger charge is 2.45. The number of nitrogens with one attached hydrogen (secondary N) is 2. The van der Waals surface area contributed by atoms with Gasteiger partial charge in [-0.15, -0.1) is 0 Å². The number of hydrogen-bond acceptors (Lipinski definition) is 15. The van der Waals surface area contributed by atoms with Gasteiger partial charge in [0.05, 0.1) is 25.4 Å². The van der Waals surface area contributed by atoms with E-state index in [1.165, 1.54) is 26.2 Å². The molecule has 2 aliphatic heterocycles. The van der Waals surface area contributed by atoms with Gasteiger partial charge < -0.3 is 34.4 Å². The van der Waals surface area contributed by atoms with Gasteiger partial charge in [-0.25, -0.2) is 23.3 Å². The molecule has 2 aliphatic rings. The maximum absolute atomic E-state index is 12.3. The summed E-state index contributed by atoms with van der Waals surface area (Å²) in [6.07, 6.45) is -5.85. The Kier molecular flexibility index (Phi) is 10.5. The summed E-state index contributed by atoms with van der Waals surface area (Å²) >= 11 is 0. The molecule has 2 aromatic heterocycles. The Bertz CT molecular complexity index is 1680. The molecular weight excluding hydrogens is 677 g/mol. The Hall–Kier alpha value is -2.39. The number of hydrogen-bond donors (Lipinski definition) is 7. The zero-order valence-electron chi connectivity index (χ0n) is 23.2. The molecule has 0 spiro atoms. The molecule has 0 aliphatic carbocycles. The molecule has 25 heteroatoms. The number of aliphatic hydroxyl groups excluding tert-OH is 2. The van der Waals surface area contributed by atoms with Crippen LogP contribution in [-0.4, -0.2) is 81.6 Å². The Balaban J connectivity index is 1.29. The number of nitrogens with zero attached hydrogens (tertiary/aromatic N) is 2. The maximum atomic E-state index is 12.3. The molecule has 2 unspecified atom stereocenters. The monoisotopic (exact) mass is 706 g/mol. The van der Waals surface area contributed by atoms with Crippen molar-refractivity contribution in [2.75, 3.05) is 13.2 Å². The Morgan fingerprint density at radius 2 is 1.09 bits per heavy atom. The minimum atomic E-state index is -5.88. The Labute approximate surface area is 250 Å². The number of aromatic nitrogens is 4. The molecule has 8 atom stereocenters. The SMILES string of the molecule is Cc1cn([C@H]2C[C@H](O)[C@@H](COP(=O)(O)OP(=O)(O)OP(=O)(O)OC[C@H]3O[C@@H](n4cc(C)c(=O)[nH]c4=O)C[C@@H]3O)O2)c(=O)[nH]c1=O. The second-order valence-electron chi connectivity index (χ2n) is 9.98. The van der Waals surface area contributed by atoms with Gasteiger partial charge in [0, 0.05) is 36.4 Å². The maximum Gasteiger partial charge on any atom is 0.490 e. The number of aliphatic hydroxyl groups is 2. The van der Waals surface area contributed by atoms with Crippen molar-refractivity contribution in [2.24, 2.45) is 0 Å². The summed E-state index contributed by atoms with van der Waals surface area (Å²) < 4.78 is 66.7. The fraction of sp³-hybridized carbons (Fsp3) is 0.600. The van der Waals surface area contributed by atoms with Crippen LogP contribution in [0.4, 0.5) is 0 Å². The molecule has 0 bridgehead atoms. The van der Waals surface area contributed by atoms with E-state index in [4.69, 9.17) is 9.47 Å². The van der Waals surface area contributed by atoms with E-state index in [1.807, 2.05) is 9.97 Å². The smallest absolute Gasteiger partial charge is 0.390 e. The second kappa shape index (κ2) is 13.4. The molecular formula is C20H29N4O18P3. The first kappa shape index (κ1) is 35.5. The van der Waals surface area contributed by atoms with Crippen LogP contribution in [0.3, 0.4) is 0 Å². The van der Waals surface area contributed by atoms with Crippen molar-refractivity contribution < 1.29 is 65.7 Å². The lowest BCUT2D eigenvalue weighted by molar-refractivity contribution is -0.0460. The molecule has 0 amide bonds. The van der Waals surface area contributed by atoms with Crippen LogP contribution in [0.5, 0.6) is 0 Å². The molecule has 22 nitrogen and oxygen atoms in total. The van der Waals surface area contributed by atoms with Crippen molar-refractivity contribution in [2.45, 2.75) is 63.6 Å². The predicted molar refractivity (Wildman–Crippen MR) is 145 cm³/mol. The molecule has 2 saturated heterocycles. The van der Waals surface area contributed by atoms with Crippen molar-refractivity contribution in [3.05, 3.63) is 65.2 Å². The number of ether oxygens (including phenoxy) is 2. The first-order chi connectivity index (χ1) is 20.8. The normalized spacial score (nSPS) is 29.2. The largest absolute Gasteiger partial charge is 0.490 e. The van der Waals surface area contributed by atoms with Gasteiger partial charge in [0.15, 0.2) is 0 Å². The van der Waals surface area contributed by atoms with Gasteiger partial charge in [0.25, 0.3) is 11.1 Å². The number of phosphoric acid groups is 3. The van der Waals surface area contributed by atoms with E-state index in [2.05, 4.69) is 17.7 Å². The van der Waals surface area contributed by atoms with Crippen molar-refractivity contribution in [3.63, 3.8) is 0 Å². The minimum absolute atomic E-state index is 0.151. The van der Waals surface area contributed by atoms with Gasteiger partial charge in [0.1, 0.15) is 24.7 Å². The highest BCUT2D eigenvalue weighted by molar-refractivity contribution is 7.66. The van der Waals surface area contributed by atoms with Gasteiger partial charge in [-0.05, 0) is 13.8 Å². The standard InChI is InChI=1S/C20H29N4O18P3/c1-9-5-23(19(29)21-17(9)27)15-3-11(25)13(39-15)7-37-43(31,32)41-45(35,36)42-44(33,34)38-8-14-12(26)4-16(40-14)24-6-10(2)18(28)22-20(24)30/h5-6,11-16,25-26H,3-4,7-8H2,1-2H3,(H,31,32)(H,33,34)(H,35,36)(H,21,27,29)(H,22,28,30)/t11-,12-,13+,14+,15+,16+/m0/s1. The van der Waals surface area contributed by atoms with E-state index >= 15 is 0 Å². The lowest BCUT2D eigenvalue weighted by Gasteiger charge is -2.21. The summed E-state index contributed by atoms with van der Waals surface area (Å²) in [5.41, 5.74) is -2.70. The van der Waals surface area contributed by atoms with Crippen molar-refractivity contribution >= 4 is 23.5 Å². The van der Waals surface area contributed by atoms with E-state index < -0.39 is 96.1 Å². The molecule has 2 aromatic rings. The average molecular weight is 706 g/mol. The van der Waals surface area contributed by atoms with Crippen LogP contribution in [0, 0.1) is 13.8 Å². The number of phosphoric ester groups is 2. The van der Waals surface area contributed by atoms with Crippen molar-refractivity contribution in [1.29, 1.82) is 0 Å². The lowest BCUT2D eigenvalue weighted by atomic mass is 10.2. The van der Waals surface area contributed by atoms with Crippen LogP contribution in [0.1, 0.15) is 36.4 Å². The first-order valence-corrected chi connectivity index (χ1v) is 17.3. The fourth-order valence-corrected chi connectivity index (χ4v) is 7.85.